The van der Waals surface area contributed by atoms with E-state index in [1.54, 1.807) is 48.7 Å². The SMILES string of the molecule is O=C(Cc1ccn(-c2ccc(F)cc2)n1)NNC(=O)C(=O)NCc1ccc(Cl)cc1. The molecule has 3 rings (SSSR count). The van der Waals surface area contributed by atoms with Crippen molar-refractivity contribution in [1.82, 2.24) is 25.9 Å². The molecular formula is C20H17ClFN5O3. The van der Waals surface area contributed by atoms with Crippen LogP contribution in [0.2, 0.25) is 5.02 Å². The Balaban J connectivity index is 1.43. The van der Waals surface area contributed by atoms with E-state index in [1.165, 1.54) is 16.8 Å². The Morgan fingerprint density at radius 1 is 0.933 bits per heavy atom. The second kappa shape index (κ2) is 9.66. The van der Waals surface area contributed by atoms with Crippen molar-refractivity contribution in [2.24, 2.45) is 0 Å². The van der Waals surface area contributed by atoms with Crippen LogP contribution in [0.4, 0.5) is 4.39 Å². The molecule has 0 fully saturated rings. The number of nitrogens with one attached hydrogen (secondary N) is 3. The highest BCUT2D eigenvalue weighted by Crippen LogP contribution is 2.10. The van der Waals surface area contributed by atoms with Crippen molar-refractivity contribution in [3.63, 3.8) is 0 Å². The van der Waals surface area contributed by atoms with Crippen molar-refractivity contribution < 1.29 is 18.8 Å². The fourth-order valence-corrected chi connectivity index (χ4v) is 2.58. The molecule has 30 heavy (non-hydrogen) atoms. The number of rotatable bonds is 5. The minimum atomic E-state index is -1.01. The zero-order chi connectivity index (χ0) is 21.5. The maximum absolute atomic E-state index is 13.0. The van der Waals surface area contributed by atoms with Gasteiger partial charge in [0.05, 0.1) is 17.8 Å². The number of carbonyl (C=O) groups excluding carboxylic acids is 3. The van der Waals surface area contributed by atoms with Gasteiger partial charge >= 0.3 is 11.8 Å². The lowest BCUT2D eigenvalue weighted by Crippen LogP contribution is -2.48. The molecule has 3 aromatic rings. The quantitative estimate of drug-likeness (QED) is 0.424. The van der Waals surface area contributed by atoms with Crippen LogP contribution in [-0.4, -0.2) is 27.5 Å². The van der Waals surface area contributed by atoms with Crippen molar-refractivity contribution in [1.29, 1.82) is 0 Å². The van der Waals surface area contributed by atoms with Gasteiger partial charge in [0, 0.05) is 17.8 Å². The lowest BCUT2D eigenvalue weighted by molar-refractivity contribution is -0.140. The van der Waals surface area contributed by atoms with Crippen LogP contribution >= 0.6 is 11.6 Å². The molecule has 8 nitrogen and oxygen atoms in total. The van der Waals surface area contributed by atoms with Crippen molar-refractivity contribution in [2.75, 3.05) is 0 Å². The topological polar surface area (TPSA) is 105 Å². The second-order valence-electron chi connectivity index (χ2n) is 6.22. The number of carbonyl (C=O) groups is 3. The first-order valence-corrected chi connectivity index (χ1v) is 9.20. The van der Waals surface area contributed by atoms with E-state index in [0.29, 0.717) is 16.4 Å². The first kappa shape index (κ1) is 21.0. The predicted molar refractivity (Wildman–Crippen MR) is 107 cm³/mol. The van der Waals surface area contributed by atoms with E-state index in [1.807, 2.05) is 5.43 Å². The minimum Gasteiger partial charge on any atom is -0.344 e. The maximum atomic E-state index is 13.0. The van der Waals surface area contributed by atoms with Gasteiger partial charge in [0.25, 0.3) is 0 Å². The van der Waals surface area contributed by atoms with Gasteiger partial charge in [0.1, 0.15) is 5.82 Å². The monoisotopic (exact) mass is 429 g/mol. The number of hydrogen-bond donors (Lipinski definition) is 3. The molecule has 10 heteroatoms. The van der Waals surface area contributed by atoms with Crippen molar-refractivity contribution in [3.05, 3.63) is 82.9 Å². The van der Waals surface area contributed by atoms with Gasteiger partial charge in [-0.3, -0.25) is 25.2 Å². The highest BCUT2D eigenvalue weighted by atomic mass is 35.5. The molecule has 0 radical (unpaired) electrons. The number of hydrogen-bond acceptors (Lipinski definition) is 4. The van der Waals surface area contributed by atoms with Gasteiger partial charge in [-0.15, -0.1) is 0 Å². The van der Waals surface area contributed by atoms with Gasteiger partial charge in [-0.05, 0) is 48.0 Å². The molecule has 0 atom stereocenters. The molecule has 0 unspecified atom stereocenters. The molecule has 3 amide bonds. The summed E-state index contributed by atoms with van der Waals surface area (Å²) in [6.07, 6.45) is 1.50. The van der Waals surface area contributed by atoms with Gasteiger partial charge in [-0.1, -0.05) is 23.7 Å². The normalized spacial score (nSPS) is 10.3. The highest BCUT2D eigenvalue weighted by Gasteiger charge is 2.15. The fraction of sp³-hybridized carbons (Fsp3) is 0.100. The highest BCUT2D eigenvalue weighted by molar-refractivity contribution is 6.35. The van der Waals surface area contributed by atoms with Crippen LogP contribution in [0.1, 0.15) is 11.3 Å². The summed E-state index contributed by atoms with van der Waals surface area (Å²) in [5.41, 5.74) is 6.03. The molecule has 0 aliphatic rings. The average molecular weight is 430 g/mol. The Kier molecular flexibility index (Phi) is 6.76. The summed E-state index contributed by atoms with van der Waals surface area (Å²) in [5.74, 6) is -2.82. The Labute approximate surface area is 176 Å². The zero-order valence-corrected chi connectivity index (χ0v) is 16.3. The van der Waals surface area contributed by atoms with Crippen LogP contribution in [0.3, 0.4) is 0 Å². The van der Waals surface area contributed by atoms with Gasteiger partial charge < -0.3 is 5.32 Å². The number of aromatic nitrogens is 2. The summed E-state index contributed by atoms with van der Waals surface area (Å²) in [4.78, 5) is 35.6. The molecule has 154 valence electrons. The Morgan fingerprint density at radius 2 is 1.63 bits per heavy atom. The van der Waals surface area contributed by atoms with Crippen LogP contribution in [0.5, 0.6) is 0 Å². The van der Waals surface area contributed by atoms with Gasteiger partial charge in [-0.2, -0.15) is 5.10 Å². The largest absolute Gasteiger partial charge is 0.344 e. The Hall–Kier alpha value is -3.72. The molecular weight excluding hydrogens is 413 g/mol. The molecule has 0 saturated carbocycles. The summed E-state index contributed by atoms with van der Waals surface area (Å²) in [7, 11) is 0. The Morgan fingerprint density at radius 3 is 2.33 bits per heavy atom. The van der Waals surface area contributed by atoms with Crippen LogP contribution in [0.15, 0.2) is 60.8 Å². The summed E-state index contributed by atoms with van der Waals surface area (Å²) < 4.78 is 14.5. The summed E-state index contributed by atoms with van der Waals surface area (Å²) >= 11 is 5.78. The molecule has 3 N–H and O–H groups in total. The average Bonchev–Trinajstić information content (AvgIpc) is 3.20. The fourth-order valence-electron chi connectivity index (χ4n) is 2.45. The summed E-state index contributed by atoms with van der Waals surface area (Å²) in [6, 6.07) is 14.1. The van der Waals surface area contributed by atoms with E-state index in [9.17, 15) is 18.8 Å². The van der Waals surface area contributed by atoms with E-state index in [4.69, 9.17) is 11.6 Å². The van der Waals surface area contributed by atoms with Gasteiger partial charge in [0.2, 0.25) is 5.91 Å². The van der Waals surface area contributed by atoms with E-state index in [-0.39, 0.29) is 18.8 Å². The van der Waals surface area contributed by atoms with Gasteiger partial charge in [0.15, 0.2) is 0 Å². The molecule has 0 bridgehead atoms. The molecule has 0 aliphatic heterocycles. The van der Waals surface area contributed by atoms with E-state index in [2.05, 4.69) is 15.8 Å². The number of benzene rings is 2. The third-order valence-electron chi connectivity index (χ3n) is 3.97. The minimum absolute atomic E-state index is 0.124. The Bertz CT molecular complexity index is 1050. The van der Waals surface area contributed by atoms with Crippen LogP contribution < -0.4 is 16.2 Å². The number of nitrogens with zero attached hydrogens (tertiary/aromatic N) is 2. The summed E-state index contributed by atoms with van der Waals surface area (Å²) in [6.45, 7) is 0.137. The van der Waals surface area contributed by atoms with Crippen LogP contribution in [0, 0.1) is 5.82 Å². The van der Waals surface area contributed by atoms with E-state index < -0.39 is 17.7 Å². The van der Waals surface area contributed by atoms with E-state index in [0.717, 1.165) is 5.56 Å². The standard InChI is InChI=1S/C20H17ClFN5O3/c21-14-3-1-13(2-4-14)12-23-19(29)20(30)25-24-18(28)11-16-9-10-27(26-16)17-7-5-15(22)6-8-17/h1-10H,11-12H2,(H,23,29)(H,24,28)(H,25,30). The lowest BCUT2D eigenvalue weighted by atomic mass is 10.2. The first-order valence-electron chi connectivity index (χ1n) is 8.82. The maximum Gasteiger partial charge on any atom is 0.327 e. The zero-order valence-electron chi connectivity index (χ0n) is 15.6. The third kappa shape index (κ3) is 5.89. The first-order chi connectivity index (χ1) is 14.4. The smallest absolute Gasteiger partial charge is 0.327 e. The van der Waals surface area contributed by atoms with E-state index >= 15 is 0 Å². The van der Waals surface area contributed by atoms with Crippen LogP contribution in [-0.2, 0) is 27.3 Å². The molecule has 2 aromatic carbocycles. The molecule has 0 aliphatic carbocycles. The number of hydrazine groups is 1. The molecule has 1 heterocycles. The molecule has 0 spiro atoms. The van der Waals surface area contributed by atoms with Crippen molar-refractivity contribution in [3.8, 4) is 5.69 Å². The lowest BCUT2D eigenvalue weighted by Gasteiger charge is -2.07. The van der Waals surface area contributed by atoms with Crippen molar-refractivity contribution >= 4 is 29.3 Å². The second-order valence-corrected chi connectivity index (χ2v) is 6.65. The molecule has 0 saturated heterocycles. The summed E-state index contributed by atoms with van der Waals surface area (Å²) in [5, 5.41) is 7.21. The van der Waals surface area contributed by atoms with Crippen LogP contribution in [0.25, 0.3) is 5.69 Å². The van der Waals surface area contributed by atoms with Crippen molar-refractivity contribution in [2.45, 2.75) is 13.0 Å². The number of halogens is 2. The predicted octanol–water partition coefficient (Wildman–Crippen LogP) is 1.67. The van der Waals surface area contributed by atoms with Gasteiger partial charge in [-0.25, -0.2) is 9.07 Å². The molecule has 1 aromatic heterocycles. The third-order valence-corrected chi connectivity index (χ3v) is 4.22. The number of amides is 3.